The van der Waals surface area contributed by atoms with E-state index >= 15 is 0 Å². The number of carbonyl (C=O) groups is 2. The van der Waals surface area contributed by atoms with E-state index in [2.05, 4.69) is 6.92 Å². The number of ketones is 1. The molecule has 1 aromatic carbocycles. The minimum Gasteiger partial charge on any atom is -0.503 e. The molecule has 5 heteroatoms. The Bertz CT molecular complexity index is 690. The predicted octanol–water partition coefficient (Wildman–Crippen LogP) is 3.86. The average Bonchev–Trinajstić information content (AvgIpc) is 2.84. The first-order valence-electron chi connectivity index (χ1n) is 9.32. The predicted molar refractivity (Wildman–Crippen MR) is 104 cm³/mol. The number of hydrogen-bond acceptors (Lipinski definition) is 4. The van der Waals surface area contributed by atoms with Crippen molar-refractivity contribution in [1.82, 2.24) is 4.90 Å². The molecule has 0 saturated heterocycles. The number of unbranched alkanes of at least 4 members (excludes halogenated alkanes) is 1. The van der Waals surface area contributed by atoms with Crippen LogP contribution in [0.4, 0.5) is 5.69 Å². The molecule has 2 rings (SSSR count). The van der Waals surface area contributed by atoms with Gasteiger partial charge in [0.25, 0.3) is 5.91 Å². The van der Waals surface area contributed by atoms with Gasteiger partial charge in [-0.3, -0.25) is 9.59 Å². The molecular formula is C21H30N2O3. The number of Topliss-reactive ketones (excluding diaryl/α,β-unsaturated/α-hetero) is 1. The van der Waals surface area contributed by atoms with Crippen molar-refractivity contribution in [2.24, 2.45) is 5.92 Å². The third-order valence-electron chi connectivity index (χ3n) is 4.68. The Morgan fingerprint density at radius 3 is 2.35 bits per heavy atom. The molecule has 0 aliphatic carbocycles. The summed E-state index contributed by atoms with van der Waals surface area (Å²) in [6.45, 7) is 6.50. The highest BCUT2D eigenvalue weighted by atomic mass is 16.3. The zero-order chi connectivity index (χ0) is 19.4. The summed E-state index contributed by atoms with van der Waals surface area (Å²) in [7, 11) is 3.93. The fourth-order valence-electron chi connectivity index (χ4n) is 3.28. The van der Waals surface area contributed by atoms with E-state index in [-0.39, 0.29) is 23.0 Å². The second kappa shape index (κ2) is 8.39. The van der Waals surface area contributed by atoms with Crippen LogP contribution in [0.25, 0.3) is 0 Å². The molecule has 5 nitrogen and oxygen atoms in total. The van der Waals surface area contributed by atoms with Crippen molar-refractivity contribution in [1.29, 1.82) is 0 Å². The van der Waals surface area contributed by atoms with Gasteiger partial charge in [0.1, 0.15) is 0 Å². The van der Waals surface area contributed by atoms with Gasteiger partial charge in [0, 0.05) is 32.7 Å². The first-order valence-corrected chi connectivity index (χ1v) is 9.32. The molecule has 0 bridgehead atoms. The molecule has 1 aliphatic rings. The van der Waals surface area contributed by atoms with Crippen molar-refractivity contribution < 1.29 is 14.7 Å². The van der Waals surface area contributed by atoms with Crippen LogP contribution in [0, 0.1) is 5.92 Å². The molecule has 1 unspecified atom stereocenters. The summed E-state index contributed by atoms with van der Waals surface area (Å²) < 4.78 is 0. The van der Waals surface area contributed by atoms with Crippen molar-refractivity contribution in [3.8, 4) is 0 Å². The van der Waals surface area contributed by atoms with Crippen LogP contribution in [0.3, 0.4) is 0 Å². The molecule has 1 amide bonds. The van der Waals surface area contributed by atoms with E-state index in [0.29, 0.717) is 13.0 Å². The van der Waals surface area contributed by atoms with Crippen molar-refractivity contribution in [3.63, 3.8) is 0 Å². The lowest BCUT2D eigenvalue weighted by Gasteiger charge is -2.27. The van der Waals surface area contributed by atoms with Crippen LogP contribution in [-0.2, 0) is 9.59 Å². The molecule has 0 aromatic heterocycles. The Hall–Kier alpha value is -2.30. The molecule has 1 aromatic rings. The lowest BCUT2D eigenvalue weighted by Crippen LogP contribution is -2.32. The third-order valence-corrected chi connectivity index (χ3v) is 4.68. The highest BCUT2D eigenvalue weighted by Gasteiger charge is 2.42. The number of hydrogen-bond donors (Lipinski definition) is 1. The number of nitrogens with zero attached hydrogens (tertiary/aromatic N) is 2. The van der Waals surface area contributed by atoms with Crippen LogP contribution in [0.5, 0.6) is 0 Å². The highest BCUT2D eigenvalue weighted by molar-refractivity contribution is 6.09. The van der Waals surface area contributed by atoms with Gasteiger partial charge in [-0.05, 0) is 30.0 Å². The molecule has 1 aliphatic heterocycles. The molecule has 0 spiro atoms. The van der Waals surface area contributed by atoms with Gasteiger partial charge in [0.05, 0.1) is 11.6 Å². The molecule has 0 saturated carbocycles. The zero-order valence-corrected chi connectivity index (χ0v) is 16.5. The van der Waals surface area contributed by atoms with Gasteiger partial charge in [0.2, 0.25) is 0 Å². The minimum atomic E-state index is -0.503. The van der Waals surface area contributed by atoms with E-state index in [0.717, 1.165) is 24.1 Å². The smallest absolute Gasteiger partial charge is 0.290 e. The summed E-state index contributed by atoms with van der Waals surface area (Å²) in [4.78, 5) is 29.0. The van der Waals surface area contributed by atoms with E-state index in [1.165, 1.54) is 0 Å². The van der Waals surface area contributed by atoms with Gasteiger partial charge in [-0.25, -0.2) is 0 Å². The van der Waals surface area contributed by atoms with Crippen LogP contribution in [-0.4, -0.2) is 42.3 Å². The van der Waals surface area contributed by atoms with E-state index in [4.69, 9.17) is 0 Å². The van der Waals surface area contributed by atoms with Crippen molar-refractivity contribution in [3.05, 3.63) is 41.2 Å². The summed E-state index contributed by atoms with van der Waals surface area (Å²) in [5.74, 6) is -0.799. The summed E-state index contributed by atoms with van der Waals surface area (Å²) in [5.41, 5.74) is 2.15. The van der Waals surface area contributed by atoms with Gasteiger partial charge >= 0.3 is 0 Å². The minimum absolute atomic E-state index is 0.147. The zero-order valence-electron chi connectivity index (χ0n) is 16.5. The normalized spacial score (nSPS) is 17.4. The lowest BCUT2D eigenvalue weighted by molar-refractivity contribution is -0.129. The summed E-state index contributed by atoms with van der Waals surface area (Å²) in [5, 5.41) is 10.4. The molecule has 0 radical (unpaired) electrons. The van der Waals surface area contributed by atoms with E-state index < -0.39 is 11.9 Å². The third kappa shape index (κ3) is 4.09. The summed E-state index contributed by atoms with van der Waals surface area (Å²) >= 11 is 0. The number of rotatable bonds is 8. The van der Waals surface area contributed by atoms with Crippen LogP contribution >= 0.6 is 0 Å². The van der Waals surface area contributed by atoms with Gasteiger partial charge in [0.15, 0.2) is 11.5 Å². The number of anilines is 1. The Balaban J connectivity index is 2.45. The first-order chi connectivity index (χ1) is 12.3. The Morgan fingerprint density at radius 1 is 1.23 bits per heavy atom. The fourth-order valence-corrected chi connectivity index (χ4v) is 3.28. The second-order valence-corrected chi connectivity index (χ2v) is 7.52. The summed E-state index contributed by atoms with van der Waals surface area (Å²) in [6, 6.07) is 7.31. The monoisotopic (exact) mass is 358 g/mol. The van der Waals surface area contributed by atoms with E-state index in [9.17, 15) is 14.7 Å². The molecule has 1 heterocycles. The topological polar surface area (TPSA) is 60.9 Å². The maximum Gasteiger partial charge on any atom is 0.290 e. The standard InChI is InChI=1S/C21H30N2O3/c1-6-7-12-23-19(15-8-10-16(11-9-15)22(4)5)18(20(25)21(23)26)17(24)13-14(2)3/h8-11,14,19,25H,6-7,12-13H2,1-5H3. The molecule has 0 fully saturated rings. The SMILES string of the molecule is CCCCN1C(=O)C(O)=C(C(=O)CC(C)C)C1c1ccc(N(C)C)cc1. The largest absolute Gasteiger partial charge is 0.503 e. The van der Waals surface area contributed by atoms with E-state index in [1.54, 1.807) is 4.90 Å². The van der Waals surface area contributed by atoms with E-state index in [1.807, 2.05) is 57.1 Å². The average molecular weight is 358 g/mol. The van der Waals surface area contributed by atoms with Crippen molar-refractivity contribution in [2.45, 2.75) is 46.1 Å². The van der Waals surface area contributed by atoms with Gasteiger partial charge in [-0.2, -0.15) is 0 Å². The molecule has 142 valence electrons. The van der Waals surface area contributed by atoms with Gasteiger partial charge < -0.3 is 14.9 Å². The highest BCUT2D eigenvalue weighted by Crippen LogP contribution is 2.39. The maximum absolute atomic E-state index is 12.8. The Morgan fingerprint density at radius 2 is 1.85 bits per heavy atom. The number of amides is 1. The first kappa shape index (κ1) is 20.0. The fraction of sp³-hybridized carbons (Fsp3) is 0.524. The van der Waals surface area contributed by atoms with Crippen LogP contribution in [0.1, 0.15) is 51.6 Å². The van der Waals surface area contributed by atoms with Crippen LogP contribution in [0.15, 0.2) is 35.6 Å². The molecule has 26 heavy (non-hydrogen) atoms. The van der Waals surface area contributed by atoms with Gasteiger partial charge in [-0.15, -0.1) is 0 Å². The number of benzene rings is 1. The number of aliphatic hydroxyl groups is 1. The second-order valence-electron chi connectivity index (χ2n) is 7.52. The maximum atomic E-state index is 12.8. The number of aliphatic hydroxyl groups excluding tert-OH is 1. The quantitative estimate of drug-likeness (QED) is 0.766. The number of carbonyl (C=O) groups excluding carboxylic acids is 2. The van der Waals surface area contributed by atoms with Gasteiger partial charge in [-0.1, -0.05) is 39.3 Å². The van der Waals surface area contributed by atoms with Crippen LogP contribution < -0.4 is 4.90 Å². The summed E-state index contributed by atoms with van der Waals surface area (Å²) in [6.07, 6.45) is 2.09. The molecule has 1 atom stereocenters. The Kier molecular flexibility index (Phi) is 6.46. The van der Waals surface area contributed by atoms with Crippen LogP contribution in [0.2, 0.25) is 0 Å². The molecular weight excluding hydrogens is 328 g/mol. The van der Waals surface area contributed by atoms with Crippen molar-refractivity contribution >= 4 is 17.4 Å². The lowest BCUT2D eigenvalue weighted by atomic mass is 9.92. The Labute approximate surface area is 156 Å². The molecule has 1 N–H and O–H groups in total. The van der Waals surface area contributed by atoms with Crippen molar-refractivity contribution in [2.75, 3.05) is 25.5 Å².